The smallest absolute Gasteiger partial charge is 0.234 e. The van der Waals surface area contributed by atoms with E-state index in [1.165, 1.54) is 36.0 Å². The molecule has 3 rings (SSSR count). The first-order chi connectivity index (χ1) is 13.8. The summed E-state index contributed by atoms with van der Waals surface area (Å²) in [6, 6.07) is 13.0. The molecule has 1 atom stereocenters. The molecule has 0 aliphatic carbocycles. The second kappa shape index (κ2) is 9.39. The van der Waals surface area contributed by atoms with Crippen molar-refractivity contribution in [3.63, 3.8) is 0 Å². The van der Waals surface area contributed by atoms with E-state index < -0.39 is 0 Å². The van der Waals surface area contributed by atoms with Gasteiger partial charge < -0.3 is 5.32 Å². The minimum Gasteiger partial charge on any atom is -0.325 e. The van der Waals surface area contributed by atoms with Crippen LogP contribution in [0.2, 0.25) is 5.02 Å². The van der Waals surface area contributed by atoms with Crippen LogP contribution in [-0.4, -0.2) is 45.4 Å². The summed E-state index contributed by atoms with van der Waals surface area (Å²) >= 11 is 7.30. The predicted octanol–water partition coefficient (Wildman–Crippen LogP) is 4.41. The molecule has 1 N–H and O–H groups in total. The molecule has 1 amide bonds. The summed E-state index contributed by atoms with van der Waals surface area (Å²) in [4.78, 5) is 14.3. The molecule has 0 radical (unpaired) electrons. The number of hydrogen-bond donors (Lipinski definition) is 1. The van der Waals surface area contributed by atoms with Crippen LogP contribution in [0, 0.1) is 5.82 Å². The zero-order valence-corrected chi connectivity index (χ0v) is 17.8. The SMILES string of the molecule is CC(c1nnc(SCC(=O)Nc2ccc(F)cc2)n1-c1ccc(Cl)cc1)N(C)C. The van der Waals surface area contributed by atoms with Crippen LogP contribution in [0.1, 0.15) is 18.8 Å². The van der Waals surface area contributed by atoms with E-state index in [1.54, 1.807) is 12.1 Å². The Hall–Kier alpha value is -2.42. The minimum atomic E-state index is -0.351. The van der Waals surface area contributed by atoms with Crippen LogP contribution in [0.3, 0.4) is 0 Å². The summed E-state index contributed by atoms with van der Waals surface area (Å²) in [5.41, 5.74) is 1.41. The molecule has 3 aromatic rings. The number of amides is 1. The second-order valence-electron chi connectivity index (χ2n) is 6.64. The number of aromatic nitrogens is 3. The number of halogens is 2. The highest BCUT2D eigenvalue weighted by Gasteiger charge is 2.21. The van der Waals surface area contributed by atoms with Crippen LogP contribution in [0.15, 0.2) is 53.7 Å². The summed E-state index contributed by atoms with van der Waals surface area (Å²) < 4.78 is 14.9. The van der Waals surface area contributed by atoms with Crippen molar-refractivity contribution < 1.29 is 9.18 Å². The van der Waals surface area contributed by atoms with Crippen molar-refractivity contribution in [3.8, 4) is 5.69 Å². The van der Waals surface area contributed by atoms with Gasteiger partial charge in [0.05, 0.1) is 11.8 Å². The van der Waals surface area contributed by atoms with Crippen LogP contribution >= 0.6 is 23.4 Å². The summed E-state index contributed by atoms with van der Waals surface area (Å²) in [5.74, 6) is 0.337. The largest absolute Gasteiger partial charge is 0.325 e. The number of anilines is 1. The predicted molar refractivity (Wildman–Crippen MR) is 114 cm³/mol. The lowest BCUT2D eigenvalue weighted by molar-refractivity contribution is -0.113. The molecule has 152 valence electrons. The van der Waals surface area contributed by atoms with Gasteiger partial charge in [0, 0.05) is 16.4 Å². The third kappa shape index (κ3) is 5.35. The Morgan fingerprint density at radius 3 is 2.45 bits per heavy atom. The van der Waals surface area contributed by atoms with Gasteiger partial charge in [-0.1, -0.05) is 23.4 Å². The van der Waals surface area contributed by atoms with Crippen LogP contribution in [0.25, 0.3) is 5.69 Å². The number of carbonyl (C=O) groups is 1. The highest BCUT2D eigenvalue weighted by Crippen LogP contribution is 2.27. The zero-order valence-electron chi connectivity index (χ0n) is 16.3. The zero-order chi connectivity index (χ0) is 21.0. The van der Waals surface area contributed by atoms with Crippen molar-refractivity contribution in [2.75, 3.05) is 25.2 Å². The first kappa shape index (κ1) is 21.3. The van der Waals surface area contributed by atoms with Gasteiger partial charge in [0.1, 0.15) is 5.82 Å². The van der Waals surface area contributed by atoms with Gasteiger partial charge in [-0.15, -0.1) is 10.2 Å². The number of nitrogens with zero attached hydrogens (tertiary/aromatic N) is 4. The lowest BCUT2D eigenvalue weighted by Crippen LogP contribution is -2.21. The molecule has 0 bridgehead atoms. The number of thioether (sulfide) groups is 1. The van der Waals surface area contributed by atoms with E-state index in [9.17, 15) is 9.18 Å². The lowest BCUT2D eigenvalue weighted by atomic mass is 10.2. The fourth-order valence-corrected chi connectivity index (χ4v) is 3.45. The van der Waals surface area contributed by atoms with Gasteiger partial charge in [0.2, 0.25) is 5.91 Å². The first-order valence-corrected chi connectivity index (χ1v) is 10.3. The summed E-state index contributed by atoms with van der Waals surface area (Å²) in [5, 5.41) is 12.6. The maximum Gasteiger partial charge on any atom is 0.234 e. The van der Waals surface area contributed by atoms with E-state index >= 15 is 0 Å². The standard InChI is InChI=1S/C20H21ClFN5OS/c1-13(26(2)3)19-24-25-20(27(19)17-10-4-14(21)5-11-17)29-12-18(28)23-16-8-6-15(22)7-9-16/h4-11,13H,12H2,1-3H3,(H,23,28). The molecule has 2 aromatic carbocycles. The lowest BCUT2D eigenvalue weighted by Gasteiger charge is -2.20. The molecule has 1 heterocycles. The monoisotopic (exact) mass is 433 g/mol. The maximum absolute atomic E-state index is 13.0. The van der Waals surface area contributed by atoms with Crippen molar-refractivity contribution in [2.24, 2.45) is 0 Å². The summed E-state index contributed by atoms with van der Waals surface area (Å²) in [7, 11) is 3.93. The molecule has 1 unspecified atom stereocenters. The number of carbonyl (C=O) groups excluding carboxylic acids is 1. The van der Waals surface area contributed by atoms with Crippen LogP contribution in [0.5, 0.6) is 0 Å². The van der Waals surface area contributed by atoms with Crippen molar-refractivity contribution in [2.45, 2.75) is 18.1 Å². The second-order valence-corrected chi connectivity index (χ2v) is 8.01. The normalized spacial score (nSPS) is 12.2. The average molecular weight is 434 g/mol. The van der Waals surface area contributed by atoms with Gasteiger partial charge in [-0.25, -0.2) is 4.39 Å². The van der Waals surface area contributed by atoms with E-state index in [0.717, 1.165) is 11.5 Å². The van der Waals surface area contributed by atoms with Gasteiger partial charge >= 0.3 is 0 Å². The highest BCUT2D eigenvalue weighted by molar-refractivity contribution is 7.99. The summed E-state index contributed by atoms with van der Waals surface area (Å²) in [6.45, 7) is 2.03. The molecule has 0 aliphatic rings. The third-order valence-electron chi connectivity index (χ3n) is 4.35. The molecule has 9 heteroatoms. The van der Waals surface area contributed by atoms with Gasteiger partial charge in [-0.2, -0.15) is 0 Å². The Kier molecular flexibility index (Phi) is 6.89. The van der Waals surface area contributed by atoms with E-state index in [2.05, 4.69) is 15.5 Å². The fourth-order valence-electron chi connectivity index (χ4n) is 2.57. The van der Waals surface area contributed by atoms with Crippen molar-refractivity contribution in [1.29, 1.82) is 0 Å². The maximum atomic E-state index is 13.0. The van der Waals surface area contributed by atoms with E-state index in [0.29, 0.717) is 15.9 Å². The fraction of sp³-hybridized carbons (Fsp3) is 0.250. The van der Waals surface area contributed by atoms with E-state index in [-0.39, 0.29) is 23.5 Å². The van der Waals surface area contributed by atoms with Crippen LogP contribution in [-0.2, 0) is 4.79 Å². The number of rotatable bonds is 7. The number of hydrogen-bond acceptors (Lipinski definition) is 5. The molecule has 0 saturated carbocycles. The molecule has 0 aliphatic heterocycles. The molecule has 0 fully saturated rings. The van der Waals surface area contributed by atoms with Crippen LogP contribution in [0.4, 0.5) is 10.1 Å². The van der Waals surface area contributed by atoms with Crippen molar-refractivity contribution in [3.05, 3.63) is 65.2 Å². The summed E-state index contributed by atoms with van der Waals surface area (Å²) in [6.07, 6.45) is 0. The molecule has 6 nitrogen and oxygen atoms in total. The Balaban J connectivity index is 1.80. The Morgan fingerprint density at radius 1 is 1.17 bits per heavy atom. The Morgan fingerprint density at radius 2 is 1.83 bits per heavy atom. The van der Waals surface area contributed by atoms with Gasteiger partial charge in [0.25, 0.3) is 0 Å². The first-order valence-electron chi connectivity index (χ1n) is 8.91. The molecule has 0 saturated heterocycles. The third-order valence-corrected chi connectivity index (χ3v) is 5.53. The van der Waals surface area contributed by atoms with Crippen molar-refractivity contribution in [1.82, 2.24) is 19.7 Å². The highest BCUT2D eigenvalue weighted by atomic mass is 35.5. The molecular formula is C20H21ClFN5OS. The Bertz CT molecular complexity index is 976. The molecule has 29 heavy (non-hydrogen) atoms. The Labute approximate surface area is 178 Å². The van der Waals surface area contributed by atoms with Gasteiger partial charge in [-0.05, 0) is 69.6 Å². The average Bonchev–Trinajstić information content (AvgIpc) is 3.12. The van der Waals surface area contributed by atoms with Crippen molar-refractivity contribution >= 4 is 35.0 Å². The van der Waals surface area contributed by atoms with Crippen LogP contribution < -0.4 is 5.32 Å². The number of benzene rings is 2. The molecule has 1 aromatic heterocycles. The number of nitrogens with one attached hydrogen (secondary N) is 1. The topological polar surface area (TPSA) is 63.1 Å². The van der Waals surface area contributed by atoms with E-state index in [1.807, 2.05) is 42.6 Å². The quantitative estimate of drug-likeness (QED) is 0.559. The van der Waals surface area contributed by atoms with E-state index in [4.69, 9.17) is 11.6 Å². The van der Waals surface area contributed by atoms with Gasteiger partial charge in [0.15, 0.2) is 11.0 Å². The molecular weight excluding hydrogens is 413 g/mol. The van der Waals surface area contributed by atoms with Gasteiger partial charge in [-0.3, -0.25) is 14.3 Å². The molecule has 0 spiro atoms. The minimum absolute atomic E-state index is 0.0144.